The third kappa shape index (κ3) is 4.06. The smallest absolute Gasteiger partial charge is 0.124 e. The molecule has 21 heavy (non-hydrogen) atoms. The van der Waals surface area contributed by atoms with Crippen molar-refractivity contribution < 1.29 is 4.39 Å². The van der Waals surface area contributed by atoms with Crippen LogP contribution in [0.4, 0.5) is 10.1 Å². The van der Waals surface area contributed by atoms with Gasteiger partial charge in [-0.25, -0.2) is 4.39 Å². The van der Waals surface area contributed by atoms with E-state index in [1.165, 1.54) is 17.7 Å². The second kappa shape index (κ2) is 6.90. The number of hydrogen-bond acceptors (Lipinski definition) is 2. The highest BCUT2D eigenvalue weighted by atomic mass is 19.1. The van der Waals surface area contributed by atoms with Crippen LogP contribution in [-0.2, 0) is 0 Å². The lowest BCUT2D eigenvalue weighted by Crippen LogP contribution is -2.14. The molecule has 0 aliphatic carbocycles. The summed E-state index contributed by atoms with van der Waals surface area (Å²) in [5.41, 5.74) is 2.17. The number of nitrogens with one attached hydrogen (secondary N) is 1. The van der Waals surface area contributed by atoms with Gasteiger partial charge in [0.25, 0.3) is 0 Å². The molecular formula is C18H19FN2. The van der Waals surface area contributed by atoms with Gasteiger partial charge in [0.05, 0.1) is 17.3 Å². The molecule has 0 bridgehead atoms. The van der Waals surface area contributed by atoms with E-state index in [1.54, 1.807) is 6.07 Å². The zero-order chi connectivity index (χ0) is 15.2. The molecule has 0 heterocycles. The van der Waals surface area contributed by atoms with E-state index < -0.39 is 5.82 Å². The minimum absolute atomic E-state index is 0.101. The molecule has 1 N–H and O–H groups in total. The minimum Gasteiger partial charge on any atom is -0.377 e. The Morgan fingerprint density at radius 2 is 1.86 bits per heavy atom. The molecule has 0 aromatic heterocycles. The lowest BCUT2D eigenvalue weighted by atomic mass is 9.96. The topological polar surface area (TPSA) is 35.8 Å². The number of hydrogen-bond donors (Lipinski definition) is 1. The largest absolute Gasteiger partial charge is 0.377 e. The van der Waals surface area contributed by atoms with Crippen molar-refractivity contribution in [3.63, 3.8) is 0 Å². The Kier molecular flexibility index (Phi) is 4.94. The molecule has 0 aliphatic heterocycles. The Labute approximate surface area is 125 Å². The maximum Gasteiger partial charge on any atom is 0.124 e. The van der Waals surface area contributed by atoms with Crippen molar-refractivity contribution in [2.24, 2.45) is 5.92 Å². The van der Waals surface area contributed by atoms with Crippen molar-refractivity contribution >= 4 is 5.69 Å². The molecule has 0 amide bonds. The van der Waals surface area contributed by atoms with Crippen molar-refractivity contribution in [3.05, 3.63) is 65.5 Å². The van der Waals surface area contributed by atoms with Gasteiger partial charge in [-0.15, -0.1) is 0 Å². The monoisotopic (exact) mass is 282 g/mol. The molecular weight excluding hydrogens is 263 g/mol. The maximum atomic E-state index is 13.2. The van der Waals surface area contributed by atoms with Crippen LogP contribution in [0.25, 0.3) is 0 Å². The molecule has 2 nitrogen and oxygen atoms in total. The predicted octanol–water partition coefficient (Wildman–Crippen LogP) is 4.90. The standard InChI is InChI=1S/C18H19FN2/c1-13(2)10-18(14-6-4-3-5-7-14)21-17-9-8-16(19)11-15(17)12-20/h3-9,11,13,18,21H,10H2,1-2H3. The van der Waals surface area contributed by atoms with E-state index in [2.05, 4.69) is 31.3 Å². The zero-order valence-electron chi connectivity index (χ0n) is 12.3. The summed E-state index contributed by atoms with van der Waals surface area (Å²) in [6.45, 7) is 4.32. The van der Waals surface area contributed by atoms with Crippen LogP contribution in [-0.4, -0.2) is 0 Å². The molecule has 0 saturated carbocycles. The van der Waals surface area contributed by atoms with Gasteiger partial charge in [0.1, 0.15) is 11.9 Å². The maximum absolute atomic E-state index is 13.2. The fourth-order valence-electron chi connectivity index (χ4n) is 2.36. The molecule has 1 unspecified atom stereocenters. The van der Waals surface area contributed by atoms with E-state index in [1.807, 2.05) is 24.3 Å². The lowest BCUT2D eigenvalue weighted by Gasteiger charge is -2.23. The van der Waals surface area contributed by atoms with Gasteiger partial charge in [0, 0.05) is 0 Å². The molecule has 0 fully saturated rings. The van der Waals surface area contributed by atoms with Gasteiger partial charge < -0.3 is 5.32 Å². The zero-order valence-corrected chi connectivity index (χ0v) is 12.3. The van der Waals surface area contributed by atoms with E-state index in [0.717, 1.165) is 6.42 Å². The fraction of sp³-hybridized carbons (Fsp3) is 0.278. The average Bonchev–Trinajstić information content (AvgIpc) is 2.48. The Hall–Kier alpha value is -2.34. The number of halogens is 1. The van der Waals surface area contributed by atoms with Gasteiger partial charge in [0.15, 0.2) is 0 Å². The van der Waals surface area contributed by atoms with E-state index in [-0.39, 0.29) is 6.04 Å². The molecule has 3 heteroatoms. The normalized spacial score (nSPS) is 12.0. The highest BCUT2D eigenvalue weighted by molar-refractivity contribution is 5.58. The second-order valence-electron chi connectivity index (χ2n) is 5.54. The highest BCUT2D eigenvalue weighted by Gasteiger charge is 2.15. The quantitative estimate of drug-likeness (QED) is 0.847. The van der Waals surface area contributed by atoms with Crippen molar-refractivity contribution in [2.75, 3.05) is 5.32 Å². The summed E-state index contributed by atoms with van der Waals surface area (Å²) in [7, 11) is 0. The number of rotatable bonds is 5. The van der Waals surface area contributed by atoms with Crippen LogP contribution in [0.1, 0.15) is 37.4 Å². The SMILES string of the molecule is CC(C)CC(Nc1ccc(F)cc1C#N)c1ccccc1. The summed E-state index contributed by atoms with van der Waals surface area (Å²) in [5.74, 6) is 0.117. The summed E-state index contributed by atoms with van der Waals surface area (Å²) in [5, 5.41) is 12.5. The van der Waals surface area contributed by atoms with Gasteiger partial charge in [-0.2, -0.15) is 5.26 Å². The van der Waals surface area contributed by atoms with Crippen LogP contribution in [0.5, 0.6) is 0 Å². The van der Waals surface area contributed by atoms with Gasteiger partial charge in [0.2, 0.25) is 0 Å². The summed E-state index contributed by atoms with van der Waals surface area (Å²) in [4.78, 5) is 0. The molecule has 2 rings (SSSR count). The third-order valence-corrected chi connectivity index (χ3v) is 3.34. The van der Waals surface area contributed by atoms with Crippen LogP contribution < -0.4 is 5.32 Å². The number of benzene rings is 2. The predicted molar refractivity (Wildman–Crippen MR) is 83.4 cm³/mol. The van der Waals surface area contributed by atoms with E-state index in [4.69, 9.17) is 5.26 Å². The van der Waals surface area contributed by atoms with E-state index >= 15 is 0 Å². The highest BCUT2D eigenvalue weighted by Crippen LogP contribution is 2.27. The van der Waals surface area contributed by atoms with Crippen LogP contribution in [0.2, 0.25) is 0 Å². The Balaban J connectivity index is 2.30. The molecule has 2 aromatic carbocycles. The molecule has 2 aromatic rings. The fourth-order valence-corrected chi connectivity index (χ4v) is 2.36. The minimum atomic E-state index is -0.391. The van der Waals surface area contributed by atoms with Gasteiger partial charge in [-0.3, -0.25) is 0 Å². The van der Waals surface area contributed by atoms with Crippen molar-refractivity contribution in [3.8, 4) is 6.07 Å². The summed E-state index contributed by atoms with van der Waals surface area (Å²) >= 11 is 0. The molecule has 108 valence electrons. The second-order valence-corrected chi connectivity index (χ2v) is 5.54. The molecule has 0 radical (unpaired) electrons. The first-order chi connectivity index (χ1) is 10.1. The number of nitriles is 1. The van der Waals surface area contributed by atoms with Gasteiger partial charge in [-0.1, -0.05) is 44.2 Å². The lowest BCUT2D eigenvalue weighted by molar-refractivity contribution is 0.531. The van der Waals surface area contributed by atoms with Crippen LogP contribution in [0, 0.1) is 23.1 Å². The van der Waals surface area contributed by atoms with Gasteiger partial charge >= 0.3 is 0 Å². The van der Waals surface area contributed by atoms with Gasteiger partial charge in [-0.05, 0) is 36.1 Å². The first-order valence-corrected chi connectivity index (χ1v) is 7.11. The van der Waals surface area contributed by atoms with E-state index in [9.17, 15) is 4.39 Å². The van der Waals surface area contributed by atoms with E-state index in [0.29, 0.717) is 17.2 Å². The van der Waals surface area contributed by atoms with Crippen LogP contribution in [0.3, 0.4) is 0 Å². The average molecular weight is 282 g/mol. The van der Waals surface area contributed by atoms with Crippen molar-refractivity contribution in [2.45, 2.75) is 26.3 Å². The Morgan fingerprint density at radius 3 is 2.48 bits per heavy atom. The third-order valence-electron chi connectivity index (χ3n) is 3.34. The summed E-state index contributed by atoms with van der Waals surface area (Å²) in [6.07, 6.45) is 0.937. The molecule has 0 aliphatic rings. The van der Waals surface area contributed by atoms with Crippen LogP contribution in [0.15, 0.2) is 48.5 Å². The molecule has 1 atom stereocenters. The van der Waals surface area contributed by atoms with Crippen molar-refractivity contribution in [1.29, 1.82) is 5.26 Å². The molecule has 0 saturated heterocycles. The first kappa shape index (κ1) is 15.1. The molecule has 0 spiro atoms. The summed E-state index contributed by atoms with van der Waals surface area (Å²) in [6, 6.07) is 16.5. The number of nitrogens with zero attached hydrogens (tertiary/aromatic N) is 1. The Morgan fingerprint density at radius 1 is 1.14 bits per heavy atom. The Bertz CT molecular complexity index is 629. The van der Waals surface area contributed by atoms with Crippen molar-refractivity contribution in [1.82, 2.24) is 0 Å². The van der Waals surface area contributed by atoms with Crippen LogP contribution >= 0.6 is 0 Å². The summed E-state index contributed by atoms with van der Waals surface area (Å²) < 4.78 is 13.2. The number of anilines is 1. The first-order valence-electron chi connectivity index (χ1n) is 7.11.